The van der Waals surface area contributed by atoms with E-state index in [1.165, 1.54) is 37.0 Å². The van der Waals surface area contributed by atoms with Crippen LogP contribution in [0.5, 0.6) is 0 Å². The summed E-state index contributed by atoms with van der Waals surface area (Å²) in [6.07, 6.45) is -1.54. The molecule has 3 heterocycles. The predicted molar refractivity (Wildman–Crippen MR) is 121 cm³/mol. The van der Waals surface area contributed by atoms with E-state index >= 15 is 0 Å². The van der Waals surface area contributed by atoms with Gasteiger partial charge in [-0.25, -0.2) is 13.7 Å². The van der Waals surface area contributed by atoms with Crippen LogP contribution in [0.25, 0.3) is 10.8 Å². The summed E-state index contributed by atoms with van der Waals surface area (Å²) in [6.45, 7) is 2.94. The fourth-order valence-corrected chi connectivity index (χ4v) is 4.48. The second-order valence-electron chi connectivity index (χ2n) is 9.05. The predicted octanol–water partition coefficient (Wildman–Crippen LogP) is 2.93. The maximum absolute atomic E-state index is 14.7. The van der Waals surface area contributed by atoms with Gasteiger partial charge in [-0.05, 0) is 25.8 Å². The van der Waals surface area contributed by atoms with Crippen LogP contribution in [-0.2, 0) is 18.0 Å². The molecule has 5 rings (SSSR count). The van der Waals surface area contributed by atoms with Crippen molar-refractivity contribution in [2.24, 2.45) is 7.05 Å². The molecule has 186 valence electrons. The minimum atomic E-state index is -4.84. The lowest BCUT2D eigenvalue weighted by atomic mass is 10.0. The van der Waals surface area contributed by atoms with Crippen molar-refractivity contribution in [3.05, 3.63) is 68.1 Å². The summed E-state index contributed by atoms with van der Waals surface area (Å²) in [4.78, 5) is 25.6. The number of anilines is 1. The van der Waals surface area contributed by atoms with E-state index in [1.54, 1.807) is 0 Å². The number of fused-ring (bicyclic) bond motifs is 1. The van der Waals surface area contributed by atoms with E-state index in [9.17, 15) is 27.2 Å². The Labute approximate surface area is 196 Å². The van der Waals surface area contributed by atoms with Gasteiger partial charge in [-0.2, -0.15) is 18.3 Å². The first-order valence-corrected chi connectivity index (χ1v) is 11.1. The molecule has 0 unspecified atom stereocenters. The second kappa shape index (κ2) is 8.08. The average molecular weight is 493 g/mol. The van der Waals surface area contributed by atoms with Crippen molar-refractivity contribution in [2.75, 3.05) is 30.0 Å². The quantitative estimate of drug-likeness (QED) is 0.563. The molecule has 1 aliphatic carbocycles. The summed E-state index contributed by atoms with van der Waals surface area (Å²) in [6, 6.07) is 3.36. The molecule has 1 saturated carbocycles. The molecule has 35 heavy (non-hydrogen) atoms. The number of aryl methyl sites for hydroxylation is 1. The molecule has 0 radical (unpaired) electrons. The molecule has 12 heteroatoms. The Balaban J connectivity index is 1.57. The molecular weight excluding hydrogens is 470 g/mol. The normalized spacial score (nSPS) is 18.2. The Kier molecular flexibility index (Phi) is 5.38. The molecule has 3 aromatic rings. The third kappa shape index (κ3) is 4.15. The Morgan fingerprint density at radius 1 is 1.20 bits per heavy atom. The first kappa shape index (κ1) is 23.3. The fourth-order valence-electron chi connectivity index (χ4n) is 4.48. The number of alkyl halides is 3. The zero-order valence-corrected chi connectivity index (χ0v) is 19.0. The number of hydrogen-bond donors (Lipinski definition) is 1. The van der Waals surface area contributed by atoms with Crippen LogP contribution >= 0.6 is 0 Å². The van der Waals surface area contributed by atoms with Gasteiger partial charge in [0.2, 0.25) is 0 Å². The van der Waals surface area contributed by atoms with E-state index in [4.69, 9.17) is 4.74 Å². The highest BCUT2D eigenvalue weighted by molar-refractivity contribution is 5.90. The Hall–Kier alpha value is -3.41. The van der Waals surface area contributed by atoms with Gasteiger partial charge in [0.1, 0.15) is 5.82 Å². The molecule has 2 fully saturated rings. The molecule has 1 N–H and O–H groups in total. The van der Waals surface area contributed by atoms with Gasteiger partial charge in [-0.1, -0.05) is 12.1 Å². The van der Waals surface area contributed by atoms with Crippen LogP contribution in [0.4, 0.5) is 23.4 Å². The number of nitrogens with one attached hydrogen (secondary N) is 1. The SMILES string of the molecule is C[C@@H](Nc1nn(C)c(=O)c2cc(=O)n(N3CCOC4(CC4)C3)cc12)c1cccc(C(F)(F)F)c1F. The van der Waals surface area contributed by atoms with Gasteiger partial charge in [0.25, 0.3) is 11.1 Å². The van der Waals surface area contributed by atoms with Crippen LogP contribution < -0.4 is 21.4 Å². The summed E-state index contributed by atoms with van der Waals surface area (Å²) in [5, 5.41) is 9.38. The fraction of sp³-hybridized carbons (Fsp3) is 0.435. The highest BCUT2D eigenvalue weighted by Gasteiger charge is 2.48. The summed E-state index contributed by atoms with van der Waals surface area (Å²) in [5.41, 5.74) is -2.73. The number of aromatic nitrogens is 3. The number of pyridine rings is 1. The molecule has 1 aromatic carbocycles. The summed E-state index contributed by atoms with van der Waals surface area (Å²) in [7, 11) is 1.40. The standard InChI is InChI=1S/C23H23F4N5O3/c1-13(14-4-3-5-17(19(14)24)23(25,26)27)28-20-16-11-32(31-8-9-35-22(12-31)6-7-22)18(33)10-15(16)21(34)30(2)29-20/h3-5,10-11,13H,6-9,12H2,1-2H3,(H,28,29)/t13-/m1/s1. The zero-order valence-electron chi connectivity index (χ0n) is 19.0. The lowest BCUT2D eigenvalue weighted by Gasteiger charge is -2.35. The van der Waals surface area contributed by atoms with E-state index in [-0.39, 0.29) is 22.4 Å². The van der Waals surface area contributed by atoms with E-state index in [2.05, 4.69) is 10.4 Å². The van der Waals surface area contributed by atoms with Crippen LogP contribution in [0, 0.1) is 5.82 Å². The molecule has 1 atom stereocenters. The van der Waals surface area contributed by atoms with Crippen molar-refractivity contribution in [2.45, 2.75) is 37.6 Å². The van der Waals surface area contributed by atoms with Gasteiger partial charge in [-0.3, -0.25) is 9.59 Å². The topological polar surface area (TPSA) is 81.4 Å². The molecule has 2 aliphatic rings. The van der Waals surface area contributed by atoms with Crippen LogP contribution in [0.3, 0.4) is 0 Å². The number of halogens is 4. The van der Waals surface area contributed by atoms with Gasteiger partial charge in [0.15, 0.2) is 5.82 Å². The Morgan fingerprint density at radius 2 is 1.94 bits per heavy atom. The summed E-state index contributed by atoms with van der Waals surface area (Å²) >= 11 is 0. The number of rotatable bonds is 4. The lowest BCUT2D eigenvalue weighted by molar-refractivity contribution is -0.140. The van der Waals surface area contributed by atoms with E-state index in [1.807, 2.05) is 5.01 Å². The van der Waals surface area contributed by atoms with E-state index < -0.39 is 34.7 Å². The maximum atomic E-state index is 14.7. The number of benzene rings is 1. The maximum Gasteiger partial charge on any atom is 0.419 e. The third-order valence-electron chi connectivity index (χ3n) is 6.56. The van der Waals surface area contributed by atoms with Crippen LogP contribution in [0.1, 0.15) is 36.9 Å². The third-order valence-corrected chi connectivity index (χ3v) is 6.56. The van der Waals surface area contributed by atoms with Gasteiger partial charge in [0.05, 0.1) is 47.7 Å². The van der Waals surface area contributed by atoms with E-state index in [0.29, 0.717) is 31.1 Å². The van der Waals surface area contributed by atoms with Crippen molar-refractivity contribution in [3.63, 3.8) is 0 Å². The molecule has 1 spiro atoms. The number of nitrogens with zero attached hydrogens (tertiary/aromatic N) is 4. The van der Waals surface area contributed by atoms with Crippen LogP contribution in [-0.4, -0.2) is 39.8 Å². The first-order valence-electron chi connectivity index (χ1n) is 11.1. The summed E-state index contributed by atoms with van der Waals surface area (Å²) < 4.78 is 62.5. The second-order valence-corrected chi connectivity index (χ2v) is 9.05. The monoisotopic (exact) mass is 493 g/mol. The minimum Gasteiger partial charge on any atom is -0.371 e. The molecule has 1 saturated heterocycles. The van der Waals surface area contributed by atoms with Crippen molar-refractivity contribution in [3.8, 4) is 0 Å². The molecular formula is C23H23F4N5O3. The van der Waals surface area contributed by atoms with Gasteiger partial charge in [0, 0.05) is 24.9 Å². The molecule has 2 aromatic heterocycles. The average Bonchev–Trinajstić information content (AvgIpc) is 3.54. The summed E-state index contributed by atoms with van der Waals surface area (Å²) in [5.74, 6) is -1.25. The molecule has 0 bridgehead atoms. The van der Waals surface area contributed by atoms with Crippen molar-refractivity contribution >= 4 is 16.6 Å². The smallest absolute Gasteiger partial charge is 0.371 e. The minimum absolute atomic E-state index is 0.0948. The van der Waals surface area contributed by atoms with Gasteiger partial charge >= 0.3 is 6.18 Å². The number of hydrogen-bond acceptors (Lipinski definition) is 6. The van der Waals surface area contributed by atoms with Crippen LogP contribution in [0.2, 0.25) is 0 Å². The van der Waals surface area contributed by atoms with Gasteiger partial charge < -0.3 is 15.1 Å². The highest BCUT2D eigenvalue weighted by Crippen LogP contribution is 2.41. The molecule has 8 nitrogen and oxygen atoms in total. The van der Waals surface area contributed by atoms with Crippen molar-refractivity contribution in [1.82, 2.24) is 14.5 Å². The van der Waals surface area contributed by atoms with Crippen LogP contribution in [0.15, 0.2) is 40.1 Å². The van der Waals surface area contributed by atoms with E-state index in [0.717, 1.165) is 23.6 Å². The first-order chi connectivity index (χ1) is 16.5. The number of ether oxygens (including phenoxy) is 1. The largest absolute Gasteiger partial charge is 0.419 e. The zero-order chi connectivity index (χ0) is 25.1. The van der Waals surface area contributed by atoms with Crippen molar-refractivity contribution < 1.29 is 22.3 Å². The lowest BCUT2D eigenvalue weighted by Crippen LogP contribution is -2.53. The molecule has 0 amide bonds. The Morgan fingerprint density at radius 3 is 2.63 bits per heavy atom. The van der Waals surface area contributed by atoms with Crippen molar-refractivity contribution in [1.29, 1.82) is 0 Å². The van der Waals surface area contributed by atoms with Gasteiger partial charge in [-0.15, -0.1) is 0 Å². The Bertz CT molecular complexity index is 1430. The highest BCUT2D eigenvalue weighted by atomic mass is 19.4. The molecule has 1 aliphatic heterocycles. The number of morpholine rings is 1.